The minimum Gasteiger partial charge on any atom is -0.135 e. The number of fused-ring (bicyclic) bond motifs is 2. The molecule has 0 aliphatic carbocycles. The van der Waals surface area contributed by atoms with E-state index in [1.54, 1.807) is 11.3 Å². The first-order valence-electron chi connectivity index (χ1n) is 6.49. The molecule has 0 aliphatic rings. The van der Waals surface area contributed by atoms with Gasteiger partial charge in [-0.15, -0.1) is 11.3 Å². The maximum Gasteiger partial charge on any atom is 0.0499 e. The molecule has 3 aromatic carbocycles. The molecule has 0 saturated heterocycles. The van der Waals surface area contributed by atoms with Crippen LogP contribution >= 0.6 is 22.9 Å². The van der Waals surface area contributed by atoms with Crippen LogP contribution < -0.4 is 0 Å². The van der Waals surface area contributed by atoms with Gasteiger partial charge in [-0.1, -0.05) is 60.1 Å². The lowest BCUT2D eigenvalue weighted by Crippen LogP contribution is -1.79. The summed E-state index contributed by atoms with van der Waals surface area (Å²) in [6.07, 6.45) is 0. The van der Waals surface area contributed by atoms with Gasteiger partial charge in [0, 0.05) is 20.2 Å². The number of halogens is 1. The standard InChI is InChI=1S/C18H11ClS/c19-15-10-9-12-5-1-3-7-14(12)18(15)17-11-13-6-2-4-8-16(13)20-17/h1-11H. The average Bonchev–Trinajstić information content (AvgIpc) is 2.90. The lowest BCUT2D eigenvalue weighted by Gasteiger charge is -2.06. The van der Waals surface area contributed by atoms with Crippen molar-refractivity contribution in [1.29, 1.82) is 0 Å². The first-order valence-corrected chi connectivity index (χ1v) is 7.68. The molecule has 20 heavy (non-hydrogen) atoms. The van der Waals surface area contributed by atoms with Crippen LogP contribution in [0.2, 0.25) is 5.02 Å². The fourth-order valence-corrected chi connectivity index (χ4v) is 4.06. The van der Waals surface area contributed by atoms with E-state index >= 15 is 0 Å². The maximum absolute atomic E-state index is 6.47. The molecular weight excluding hydrogens is 284 g/mol. The van der Waals surface area contributed by atoms with Crippen LogP contribution in [0.25, 0.3) is 31.3 Å². The molecule has 0 bridgehead atoms. The molecular formula is C18H11ClS. The molecule has 0 unspecified atom stereocenters. The molecule has 0 saturated carbocycles. The maximum atomic E-state index is 6.47. The Morgan fingerprint density at radius 1 is 0.750 bits per heavy atom. The molecule has 2 heteroatoms. The van der Waals surface area contributed by atoms with E-state index in [9.17, 15) is 0 Å². The zero-order valence-corrected chi connectivity index (χ0v) is 12.2. The largest absolute Gasteiger partial charge is 0.135 e. The zero-order valence-electron chi connectivity index (χ0n) is 10.6. The van der Waals surface area contributed by atoms with Crippen LogP contribution in [0.3, 0.4) is 0 Å². The second-order valence-corrected chi connectivity index (χ2v) is 6.28. The third-order valence-corrected chi connectivity index (χ3v) is 5.00. The second-order valence-electron chi connectivity index (χ2n) is 4.79. The SMILES string of the molecule is Clc1ccc2ccccc2c1-c1cc2ccccc2s1. The van der Waals surface area contributed by atoms with E-state index in [0.717, 1.165) is 10.6 Å². The molecule has 0 atom stereocenters. The summed E-state index contributed by atoms with van der Waals surface area (Å²) in [6.45, 7) is 0. The highest BCUT2D eigenvalue weighted by Gasteiger charge is 2.11. The van der Waals surface area contributed by atoms with E-state index in [1.807, 2.05) is 6.07 Å². The molecule has 4 rings (SSSR count). The van der Waals surface area contributed by atoms with Crippen molar-refractivity contribution in [1.82, 2.24) is 0 Å². The van der Waals surface area contributed by atoms with E-state index in [4.69, 9.17) is 11.6 Å². The highest BCUT2D eigenvalue weighted by molar-refractivity contribution is 7.22. The van der Waals surface area contributed by atoms with Gasteiger partial charge in [-0.3, -0.25) is 0 Å². The summed E-state index contributed by atoms with van der Waals surface area (Å²) < 4.78 is 1.30. The van der Waals surface area contributed by atoms with E-state index in [2.05, 4.69) is 60.7 Å². The Morgan fingerprint density at radius 2 is 1.50 bits per heavy atom. The van der Waals surface area contributed by atoms with Crippen molar-refractivity contribution >= 4 is 43.8 Å². The number of thiophene rings is 1. The van der Waals surface area contributed by atoms with Gasteiger partial charge in [-0.25, -0.2) is 0 Å². The predicted molar refractivity (Wildman–Crippen MR) is 89.8 cm³/mol. The van der Waals surface area contributed by atoms with Gasteiger partial charge in [0.05, 0.1) is 0 Å². The lowest BCUT2D eigenvalue weighted by atomic mass is 10.0. The monoisotopic (exact) mass is 294 g/mol. The number of hydrogen-bond donors (Lipinski definition) is 0. The van der Waals surface area contributed by atoms with Crippen LogP contribution in [-0.2, 0) is 0 Å². The van der Waals surface area contributed by atoms with Crippen molar-refractivity contribution in [3.63, 3.8) is 0 Å². The molecule has 1 aromatic heterocycles. The third kappa shape index (κ3) is 1.82. The fourth-order valence-electron chi connectivity index (χ4n) is 2.60. The Morgan fingerprint density at radius 3 is 2.35 bits per heavy atom. The Bertz CT molecular complexity index is 888. The topological polar surface area (TPSA) is 0 Å². The van der Waals surface area contributed by atoms with Gasteiger partial charge < -0.3 is 0 Å². The van der Waals surface area contributed by atoms with Crippen LogP contribution in [0.1, 0.15) is 0 Å². The van der Waals surface area contributed by atoms with E-state index in [-0.39, 0.29) is 0 Å². The molecule has 0 amide bonds. The van der Waals surface area contributed by atoms with Gasteiger partial charge in [0.15, 0.2) is 0 Å². The number of benzene rings is 3. The highest BCUT2D eigenvalue weighted by Crippen LogP contribution is 2.41. The molecule has 0 nitrogen and oxygen atoms in total. The van der Waals surface area contributed by atoms with E-state index < -0.39 is 0 Å². The summed E-state index contributed by atoms with van der Waals surface area (Å²) >= 11 is 8.27. The first kappa shape index (κ1) is 12.0. The molecule has 4 aromatic rings. The summed E-state index contributed by atoms with van der Waals surface area (Å²) in [5.41, 5.74) is 1.14. The molecule has 96 valence electrons. The van der Waals surface area contributed by atoms with E-state index in [0.29, 0.717) is 0 Å². The van der Waals surface area contributed by atoms with Crippen molar-refractivity contribution in [2.45, 2.75) is 0 Å². The Kier molecular flexibility index (Phi) is 2.76. The van der Waals surface area contributed by atoms with Crippen molar-refractivity contribution in [2.75, 3.05) is 0 Å². The van der Waals surface area contributed by atoms with Crippen LogP contribution in [0.15, 0.2) is 66.7 Å². The Balaban J connectivity index is 2.08. The number of rotatable bonds is 1. The van der Waals surface area contributed by atoms with Gasteiger partial charge in [0.2, 0.25) is 0 Å². The highest BCUT2D eigenvalue weighted by atomic mass is 35.5. The normalized spacial score (nSPS) is 11.2. The van der Waals surface area contributed by atoms with Gasteiger partial charge in [0.1, 0.15) is 0 Å². The van der Waals surface area contributed by atoms with Crippen LogP contribution in [0.4, 0.5) is 0 Å². The molecule has 0 spiro atoms. The molecule has 0 fully saturated rings. The molecule has 0 N–H and O–H groups in total. The molecule has 0 radical (unpaired) electrons. The zero-order chi connectivity index (χ0) is 13.5. The Labute approximate surface area is 126 Å². The summed E-state index contributed by atoms with van der Waals surface area (Å²) in [5, 5.41) is 4.53. The molecule has 1 heterocycles. The third-order valence-electron chi connectivity index (χ3n) is 3.55. The molecule has 0 aliphatic heterocycles. The summed E-state index contributed by atoms with van der Waals surface area (Å²) in [6, 6.07) is 23.1. The quantitative estimate of drug-likeness (QED) is 0.382. The Hall–Kier alpha value is -1.83. The van der Waals surface area contributed by atoms with Crippen LogP contribution in [0, 0.1) is 0 Å². The van der Waals surface area contributed by atoms with Crippen molar-refractivity contribution < 1.29 is 0 Å². The minimum atomic E-state index is 0.815. The second kappa shape index (κ2) is 4.62. The number of hydrogen-bond acceptors (Lipinski definition) is 1. The van der Waals surface area contributed by atoms with Gasteiger partial charge >= 0.3 is 0 Å². The summed E-state index contributed by atoms with van der Waals surface area (Å²) in [5.74, 6) is 0. The average molecular weight is 295 g/mol. The first-order chi connectivity index (χ1) is 9.83. The van der Waals surface area contributed by atoms with Gasteiger partial charge in [-0.05, 0) is 34.4 Å². The van der Waals surface area contributed by atoms with Crippen molar-refractivity contribution in [3.8, 4) is 10.4 Å². The summed E-state index contributed by atoms with van der Waals surface area (Å²) in [7, 11) is 0. The lowest BCUT2D eigenvalue weighted by molar-refractivity contribution is 1.74. The van der Waals surface area contributed by atoms with Crippen molar-refractivity contribution in [2.24, 2.45) is 0 Å². The fraction of sp³-hybridized carbons (Fsp3) is 0. The van der Waals surface area contributed by atoms with Gasteiger partial charge in [0.25, 0.3) is 0 Å². The predicted octanol–water partition coefficient (Wildman–Crippen LogP) is 6.37. The van der Waals surface area contributed by atoms with Gasteiger partial charge in [-0.2, -0.15) is 0 Å². The van der Waals surface area contributed by atoms with E-state index in [1.165, 1.54) is 25.7 Å². The smallest absolute Gasteiger partial charge is 0.0499 e. The minimum absolute atomic E-state index is 0.815. The van der Waals surface area contributed by atoms with Crippen LogP contribution in [0.5, 0.6) is 0 Å². The van der Waals surface area contributed by atoms with Crippen molar-refractivity contribution in [3.05, 3.63) is 71.8 Å². The van der Waals surface area contributed by atoms with Crippen LogP contribution in [-0.4, -0.2) is 0 Å². The summed E-state index contributed by atoms with van der Waals surface area (Å²) in [4.78, 5) is 1.23.